The molecule has 1 amide bonds. The van der Waals surface area contributed by atoms with Crippen molar-refractivity contribution in [2.45, 2.75) is 31.2 Å². The van der Waals surface area contributed by atoms with Crippen LogP contribution in [-0.2, 0) is 0 Å². The number of H-pyrrole nitrogens is 1. The number of methoxy groups -OCH3 is 3. The van der Waals surface area contributed by atoms with Crippen molar-refractivity contribution >= 4 is 22.9 Å². The van der Waals surface area contributed by atoms with E-state index in [9.17, 15) is 9.18 Å². The molecule has 1 saturated heterocycles. The molecule has 1 fully saturated rings. The Labute approximate surface area is 251 Å². The molecular weight excluding hydrogens is 549 g/mol. The number of halogens is 1. The minimum atomic E-state index is -0.275. The SMILES string of the molecule is COc1cc(C(=O)N(C)CC(CCN2CCC(Nc3nc4ccccc4[nH]3)CC2)c2ccc(F)cc2)cc(OC)c1OC. The zero-order chi connectivity index (χ0) is 30.3. The second-order valence-corrected chi connectivity index (χ2v) is 11.0. The van der Waals surface area contributed by atoms with Crippen molar-refractivity contribution in [2.75, 3.05) is 59.9 Å². The van der Waals surface area contributed by atoms with E-state index >= 15 is 0 Å². The summed E-state index contributed by atoms with van der Waals surface area (Å²) in [6.45, 7) is 3.29. The molecule has 4 aromatic rings. The van der Waals surface area contributed by atoms with E-state index in [4.69, 9.17) is 14.2 Å². The number of nitrogens with one attached hydrogen (secondary N) is 2. The summed E-state index contributed by atoms with van der Waals surface area (Å²) in [6, 6.07) is 18.3. The van der Waals surface area contributed by atoms with Gasteiger partial charge in [0.15, 0.2) is 11.5 Å². The highest BCUT2D eigenvalue weighted by Crippen LogP contribution is 2.38. The van der Waals surface area contributed by atoms with Crippen LogP contribution in [0.3, 0.4) is 0 Å². The fourth-order valence-electron chi connectivity index (χ4n) is 5.79. The molecule has 0 aliphatic carbocycles. The highest BCUT2D eigenvalue weighted by Gasteiger charge is 2.25. The van der Waals surface area contributed by atoms with Crippen molar-refractivity contribution < 1.29 is 23.4 Å². The number of anilines is 1. The lowest BCUT2D eigenvalue weighted by Crippen LogP contribution is -2.40. The number of aromatic nitrogens is 2. The summed E-state index contributed by atoms with van der Waals surface area (Å²) in [4.78, 5) is 25.7. The number of ether oxygens (including phenoxy) is 3. The lowest BCUT2D eigenvalue weighted by molar-refractivity contribution is 0.0781. The van der Waals surface area contributed by atoms with E-state index in [0.29, 0.717) is 35.4 Å². The number of imidazole rings is 1. The first-order valence-electron chi connectivity index (χ1n) is 14.6. The number of likely N-dealkylation sites (tertiary alicyclic amines) is 1. The number of rotatable bonds is 12. The van der Waals surface area contributed by atoms with Gasteiger partial charge in [-0.05, 0) is 67.8 Å². The van der Waals surface area contributed by atoms with Crippen LogP contribution in [0.2, 0.25) is 0 Å². The predicted octanol–water partition coefficient (Wildman–Crippen LogP) is 5.55. The van der Waals surface area contributed by atoms with Crippen molar-refractivity contribution in [1.82, 2.24) is 19.8 Å². The van der Waals surface area contributed by atoms with Gasteiger partial charge in [0.1, 0.15) is 5.82 Å². The molecule has 2 heterocycles. The third kappa shape index (κ3) is 7.19. The molecular formula is C33H40FN5O4. The van der Waals surface area contributed by atoms with Crippen molar-refractivity contribution in [3.05, 3.63) is 77.6 Å². The maximum Gasteiger partial charge on any atom is 0.253 e. The quantitative estimate of drug-likeness (QED) is 0.224. The molecule has 5 rings (SSSR count). The monoisotopic (exact) mass is 589 g/mol. The molecule has 0 radical (unpaired) electrons. The van der Waals surface area contributed by atoms with Gasteiger partial charge in [-0.2, -0.15) is 0 Å². The Balaban J connectivity index is 1.21. The van der Waals surface area contributed by atoms with Crippen LogP contribution in [-0.4, -0.2) is 86.3 Å². The smallest absolute Gasteiger partial charge is 0.253 e. The third-order valence-electron chi connectivity index (χ3n) is 8.21. The molecule has 1 atom stereocenters. The van der Waals surface area contributed by atoms with E-state index in [0.717, 1.165) is 61.4 Å². The molecule has 43 heavy (non-hydrogen) atoms. The number of aromatic amines is 1. The molecule has 0 spiro atoms. The topological polar surface area (TPSA) is 92.0 Å². The van der Waals surface area contributed by atoms with Crippen molar-refractivity contribution in [2.24, 2.45) is 0 Å². The molecule has 3 aromatic carbocycles. The van der Waals surface area contributed by atoms with Crippen LogP contribution in [0.15, 0.2) is 60.7 Å². The molecule has 0 saturated carbocycles. The number of carbonyl (C=O) groups is 1. The number of para-hydroxylation sites is 2. The van der Waals surface area contributed by atoms with Gasteiger partial charge in [-0.25, -0.2) is 9.37 Å². The Morgan fingerprint density at radius 2 is 1.72 bits per heavy atom. The number of carbonyl (C=O) groups excluding carboxylic acids is 1. The van der Waals surface area contributed by atoms with Crippen LogP contribution < -0.4 is 19.5 Å². The van der Waals surface area contributed by atoms with Crippen LogP contribution in [0.25, 0.3) is 11.0 Å². The minimum absolute atomic E-state index is 0.0305. The average Bonchev–Trinajstić information content (AvgIpc) is 3.45. The van der Waals surface area contributed by atoms with E-state index in [-0.39, 0.29) is 17.6 Å². The molecule has 1 unspecified atom stereocenters. The highest BCUT2D eigenvalue weighted by molar-refractivity contribution is 5.95. The second kappa shape index (κ2) is 13.8. The number of hydrogen-bond donors (Lipinski definition) is 2. The number of hydrogen-bond acceptors (Lipinski definition) is 7. The third-order valence-corrected chi connectivity index (χ3v) is 8.21. The summed E-state index contributed by atoms with van der Waals surface area (Å²) in [5.74, 6) is 1.69. The normalized spacial score (nSPS) is 14.8. The van der Waals surface area contributed by atoms with Gasteiger partial charge >= 0.3 is 0 Å². The van der Waals surface area contributed by atoms with Gasteiger partial charge in [0, 0.05) is 44.2 Å². The van der Waals surface area contributed by atoms with Gasteiger partial charge in [-0.3, -0.25) is 4.79 Å². The van der Waals surface area contributed by atoms with Gasteiger partial charge in [0.2, 0.25) is 11.7 Å². The Morgan fingerprint density at radius 1 is 1.05 bits per heavy atom. The van der Waals surface area contributed by atoms with Crippen molar-refractivity contribution in [3.63, 3.8) is 0 Å². The fraction of sp³-hybridized carbons (Fsp3) is 0.394. The number of nitrogens with zero attached hydrogens (tertiary/aromatic N) is 3. The summed E-state index contributed by atoms with van der Waals surface area (Å²) in [6.07, 6.45) is 2.86. The molecule has 1 aliphatic rings. The Morgan fingerprint density at radius 3 is 2.35 bits per heavy atom. The first-order valence-corrected chi connectivity index (χ1v) is 14.6. The molecule has 228 valence electrons. The van der Waals surface area contributed by atoms with Gasteiger partial charge in [0.25, 0.3) is 5.91 Å². The Kier molecular flexibility index (Phi) is 9.66. The van der Waals surface area contributed by atoms with Crippen LogP contribution in [0, 0.1) is 5.82 Å². The first kappa shape index (κ1) is 30.2. The Hall–Kier alpha value is -4.31. The predicted molar refractivity (Wildman–Crippen MR) is 166 cm³/mol. The largest absolute Gasteiger partial charge is 0.493 e. The summed E-state index contributed by atoms with van der Waals surface area (Å²) in [7, 11) is 6.37. The molecule has 2 N–H and O–H groups in total. The van der Waals surface area contributed by atoms with E-state index in [1.54, 1.807) is 24.1 Å². The lowest BCUT2D eigenvalue weighted by Gasteiger charge is -2.33. The molecule has 0 bridgehead atoms. The van der Waals surface area contributed by atoms with Crippen LogP contribution in [0.4, 0.5) is 10.3 Å². The van der Waals surface area contributed by atoms with Gasteiger partial charge < -0.3 is 34.3 Å². The summed E-state index contributed by atoms with van der Waals surface area (Å²) < 4.78 is 30.1. The summed E-state index contributed by atoms with van der Waals surface area (Å²) in [5, 5.41) is 3.57. The van der Waals surface area contributed by atoms with Crippen LogP contribution in [0.5, 0.6) is 17.2 Å². The maximum atomic E-state index is 13.8. The van der Waals surface area contributed by atoms with Gasteiger partial charge in [-0.1, -0.05) is 24.3 Å². The number of likely N-dealkylation sites (N-methyl/N-ethyl adjacent to an activating group) is 1. The van der Waals surface area contributed by atoms with Gasteiger partial charge in [-0.15, -0.1) is 0 Å². The maximum absolute atomic E-state index is 13.8. The average molecular weight is 590 g/mol. The van der Waals surface area contributed by atoms with Crippen LogP contribution in [0.1, 0.15) is 41.1 Å². The van der Waals surface area contributed by atoms with E-state index in [1.165, 1.54) is 33.5 Å². The zero-order valence-corrected chi connectivity index (χ0v) is 25.2. The van der Waals surface area contributed by atoms with E-state index in [2.05, 4.69) is 20.2 Å². The zero-order valence-electron chi connectivity index (χ0n) is 25.2. The number of benzene rings is 3. The first-order chi connectivity index (χ1) is 20.9. The van der Waals surface area contributed by atoms with E-state index < -0.39 is 0 Å². The summed E-state index contributed by atoms with van der Waals surface area (Å²) in [5.41, 5.74) is 3.44. The number of amides is 1. The van der Waals surface area contributed by atoms with Crippen molar-refractivity contribution in [3.8, 4) is 17.2 Å². The van der Waals surface area contributed by atoms with E-state index in [1.807, 2.05) is 36.4 Å². The van der Waals surface area contributed by atoms with Crippen molar-refractivity contribution in [1.29, 1.82) is 0 Å². The molecule has 9 nitrogen and oxygen atoms in total. The number of fused-ring (bicyclic) bond motifs is 1. The fourth-order valence-corrected chi connectivity index (χ4v) is 5.79. The number of piperidine rings is 1. The standard InChI is InChI=1S/C33H40FN5O4/c1-38(32(40)24-19-29(41-2)31(43-4)30(20-24)42-3)21-23(22-9-11-25(34)12-10-22)13-16-39-17-14-26(15-18-39)35-33-36-27-7-5-6-8-28(27)37-33/h5-12,19-20,23,26H,13-18,21H2,1-4H3,(H2,35,36,37). The molecule has 1 aliphatic heterocycles. The molecule has 10 heteroatoms. The summed E-state index contributed by atoms with van der Waals surface area (Å²) >= 11 is 0. The Bertz CT molecular complexity index is 1460. The molecule has 1 aromatic heterocycles. The van der Waals surface area contributed by atoms with Crippen LogP contribution >= 0.6 is 0 Å². The van der Waals surface area contributed by atoms with Gasteiger partial charge in [0.05, 0.1) is 32.4 Å². The minimum Gasteiger partial charge on any atom is -0.493 e. The highest BCUT2D eigenvalue weighted by atomic mass is 19.1. The lowest BCUT2D eigenvalue weighted by atomic mass is 9.94. The second-order valence-electron chi connectivity index (χ2n) is 11.0.